The van der Waals surface area contributed by atoms with E-state index in [1.165, 1.54) is 0 Å². The van der Waals surface area contributed by atoms with Crippen molar-refractivity contribution in [3.8, 4) is 11.5 Å². The van der Waals surface area contributed by atoms with Crippen molar-refractivity contribution in [2.45, 2.75) is 45.8 Å². The molecule has 1 aromatic carbocycles. The number of nitrogens with zero attached hydrogens (tertiary/aromatic N) is 3. The minimum absolute atomic E-state index is 0.0401. The lowest BCUT2D eigenvalue weighted by atomic mass is 10.0. The molecule has 134 valence electrons. The molecule has 0 spiro atoms. The van der Waals surface area contributed by atoms with Gasteiger partial charge in [0.05, 0.1) is 12.6 Å². The molecule has 1 aliphatic rings. The summed E-state index contributed by atoms with van der Waals surface area (Å²) in [6.07, 6.45) is 3.02. The molecule has 0 aliphatic carbocycles. The Labute approximate surface area is 147 Å². The van der Waals surface area contributed by atoms with Gasteiger partial charge in [-0.2, -0.15) is 5.10 Å². The zero-order chi connectivity index (χ0) is 17.6. The minimum Gasteiger partial charge on any atom is -0.494 e. The van der Waals surface area contributed by atoms with E-state index >= 15 is 0 Å². The lowest BCUT2D eigenvalue weighted by Crippen LogP contribution is -2.37. The first kappa shape index (κ1) is 17.3. The summed E-state index contributed by atoms with van der Waals surface area (Å²) < 4.78 is 11.1. The first-order chi connectivity index (χ1) is 12.2. The summed E-state index contributed by atoms with van der Waals surface area (Å²) in [5.74, 6) is 2.95. The highest BCUT2D eigenvalue weighted by Gasteiger charge is 2.28. The van der Waals surface area contributed by atoms with Gasteiger partial charge in [0.2, 0.25) is 5.91 Å². The molecule has 0 saturated carbocycles. The van der Waals surface area contributed by atoms with E-state index in [4.69, 9.17) is 9.47 Å². The number of H-pyrrole nitrogens is 1. The Morgan fingerprint density at radius 1 is 1.24 bits per heavy atom. The van der Waals surface area contributed by atoms with E-state index < -0.39 is 0 Å². The predicted molar refractivity (Wildman–Crippen MR) is 92.3 cm³/mol. The summed E-state index contributed by atoms with van der Waals surface area (Å²) in [5, 5.41) is 7.21. The molecule has 7 heteroatoms. The highest BCUT2D eigenvalue weighted by Crippen LogP contribution is 2.28. The fourth-order valence-corrected chi connectivity index (χ4v) is 3.05. The number of carbonyl (C=O) groups is 1. The molecule has 1 N–H and O–H groups in total. The Kier molecular flexibility index (Phi) is 5.53. The number of likely N-dealkylation sites (tertiary alicyclic amines) is 1. The summed E-state index contributed by atoms with van der Waals surface area (Å²) >= 11 is 0. The van der Waals surface area contributed by atoms with Crippen molar-refractivity contribution >= 4 is 5.91 Å². The van der Waals surface area contributed by atoms with Crippen LogP contribution in [0.15, 0.2) is 24.3 Å². The van der Waals surface area contributed by atoms with E-state index in [0.717, 1.165) is 37.3 Å². The van der Waals surface area contributed by atoms with Gasteiger partial charge in [0.25, 0.3) is 0 Å². The van der Waals surface area contributed by atoms with Crippen LogP contribution in [0.25, 0.3) is 0 Å². The van der Waals surface area contributed by atoms with E-state index in [-0.39, 0.29) is 11.9 Å². The molecule has 1 amide bonds. The first-order valence-electron chi connectivity index (χ1n) is 8.71. The normalized spacial score (nSPS) is 17.4. The summed E-state index contributed by atoms with van der Waals surface area (Å²) in [6.45, 7) is 5.26. The number of hydrogen-bond acceptors (Lipinski definition) is 5. The first-order valence-corrected chi connectivity index (χ1v) is 8.71. The number of aromatic amines is 1. The molecule has 0 radical (unpaired) electrons. The Bertz CT molecular complexity index is 699. The van der Waals surface area contributed by atoms with Crippen molar-refractivity contribution < 1.29 is 14.3 Å². The van der Waals surface area contributed by atoms with Gasteiger partial charge in [-0.3, -0.25) is 9.89 Å². The van der Waals surface area contributed by atoms with Crippen molar-refractivity contribution in [3.05, 3.63) is 35.9 Å². The Hall–Kier alpha value is -2.57. The van der Waals surface area contributed by atoms with Crippen LogP contribution >= 0.6 is 0 Å². The third kappa shape index (κ3) is 4.29. The molecule has 0 bridgehead atoms. The molecule has 1 aromatic heterocycles. The second kappa shape index (κ2) is 8.00. The van der Waals surface area contributed by atoms with E-state index in [2.05, 4.69) is 15.2 Å². The summed E-state index contributed by atoms with van der Waals surface area (Å²) in [6, 6.07) is 7.43. The van der Waals surface area contributed by atoms with Crippen LogP contribution in [0.5, 0.6) is 11.5 Å². The molecule has 2 aromatic rings. The Morgan fingerprint density at radius 2 is 1.96 bits per heavy atom. The van der Waals surface area contributed by atoms with Crippen LogP contribution in [0.1, 0.15) is 50.8 Å². The van der Waals surface area contributed by atoms with Crippen molar-refractivity contribution in [2.24, 2.45) is 0 Å². The van der Waals surface area contributed by atoms with Crippen LogP contribution in [0.2, 0.25) is 0 Å². The number of hydrogen-bond donors (Lipinski definition) is 1. The van der Waals surface area contributed by atoms with E-state index in [1.807, 2.05) is 36.1 Å². The fraction of sp³-hybridized carbons (Fsp3) is 0.500. The molecule has 1 aliphatic heterocycles. The quantitative estimate of drug-likeness (QED) is 0.871. The molecule has 1 atom stereocenters. The van der Waals surface area contributed by atoms with Gasteiger partial charge in [0.15, 0.2) is 11.6 Å². The van der Waals surface area contributed by atoms with Gasteiger partial charge in [-0.25, -0.2) is 4.98 Å². The third-order valence-corrected chi connectivity index (χ3v) is 4.26. The van der Waals surface area contributed by atoms with Crippen molar-refractivity contribution in [1.82, 2.24) is 20.1 Å². The Balaban J connectivity index is 1.60. The number of nitrogens with one attached hydrogen (secondary N) is 1. The highest BCUT2D eigenvalue weighted by atomic mass is 16.5. The monoisotopic (exact) mass is 344 g/mol. The van der Waals surface area contributed by atoms with Crippen molar-refractivity contribution in [2.75, 3.05) is 13.2 Å². The molecular weight excluding hydrogens is 320 g/mol. The van der Waals surface area contributed by atoms with Gasteiger partial charge in [-0.05, 0) is 50.5 Å². The van der Waals surface area contributed by atoms with Gasteiger partial charge >= 0.3 is 0 Å². The largest absolute Gasteiger partial charge is 0.494 e. The van der Waals surface area contributed by atoms with Gasteiger partial charge in [0, 0.05) is 13.5 Å². The van der Waals surface area contributed by atoms with Crippen molar-refractivity contribution in [3.63, 3.8) is 0 Å². The van der Waals surface area contributed by atoms with Gasteiger partial charge < -0.3 is 14.4 Å². The smallest absolute Gasteiger partial charge is 0.220 e. The number of carbonyl (C=O) groups excluding carboxylic acids is 1. The number of rotatable bonds is 6. The van der Waals surface area contributed by atoms with Gasteiger partial charge in [0.1, 0.15) is 18.1 Å². The summed E-state index contributed by atoms with van der Waals surface area (Å²) in [7, 11) is 0. The zero-order valence-corrected chi connectivity index (χ0v) is 14.7. The van der Waals surface area contributed by atoms with Gasteiger partial charge in [-0.15, -0.1) is 0 Å². The highest BCUT2D eigenvalue weighted by molar-refractivity contribution is 5.73. The van der Waals surface area contributed by atoms with E-state index in [1.54, 1.807) is 6.92 Å². The van der Waals surface area contributed by atoms with Crippen LogP contribution in [-0.4, -0.2) is 39.1 Å². The summed E-state index contributed by atoms with van der Waals surface area (Å²) in [5.41, 5.74) is 0. The van der Waals surface area contributed by atoms with Crippen molar-refractivity contribution in [1.29, 1.82) is 0 Å². The second-order valence-corrected chi connectivity index (χ2v) is 6.06. The van der Waals surface area contributed by atoms with Crippen LogP contribution in [0.4, 0.5) is 0 Å². The number of ether oxygens (including phenoxy) is 2. The standard InChI is InChI=1S/C18H24N4O3/c1-3-24-14-7-9-15(10-8-14)25-12-17-19-18(21-20-17)16-6-4-5-11-22(16)13(2)23/h7-10,16H,3-6,11-12H2,1-2H3,(H,19,20,21). The molecule has 1 saturated heterocycles. The lowest BCUT2D eigenvalue weighted by molar-refractivity contribution is -0.132. The fourth-order valence-electron chi connectivity index (χ4n) is 3.05. The zero-order valence-electron chi connectivity index (χ0n) is 14.7. The van der Waals surface area contributed by atoms with Crippen LogP contribution in [-0.2, 0) is 11.4 Å². The third-order valence-electron chi connectivity index (χ3n) is 4.26. The maximum absolute atomic E-state index is 11.8. The van der Waals surface area contributed by atoms with Crippen LogP contribution in [0.3, 0.4) is 0 Å². The minimum atomic E-state index is -0.0401. The van der Waals surface area contributed by atoms with E-state index in [9.17, 15) is 4.79 Å². The second-order valence-electron chi connectivity index (χ2n) is 6.06. The maximum Gasteiger partial charge on any atom is 0.220 e. The lowest BCUT2D eigenvalue weighted by Gasteiger charge is -2.33. The van der Waals surface area contributed by atoms with Gasteiger partial charge in [-0.1, -0.05) is 0 Å². The molecule has 2 heterocycles. The number of benzene rings is 1. The summed E-state index contributed by atoms with van der Waals surface area (Å²) in [4.78, 5) is 18.2. The molecule has 7 nitrogen and oxygen atoms in total. The SMILES string of the molecule is CCOc1ccc(OCc2nc(C3CCCCN3C(C)=O)n[nH]2)cc1. The molecule has 25 heavy (non-hydrogen) atoms. The predicted octanol–water partition coefficient (Wildman–Crippen LogP) is 2.86. The number of amides is 1. The average molecular weight is 344 g/mol. The molecule has 1 fully saturated rings. The molecular formula is C18H24N4O3. The number of aromatic nitrogens is 3. The van der Waals surface area contributed by atoms with Crippen LogP contribution in [0, 0.1) is 0 Å². The molecule has 1 unspecified atom stereocenters. The topological polar surface area (TPSA) is 80.3 Å². The van der Waals surface area contributed by atoms with Crippen LogP contribution < -0.4 is 9.47 Å². The molecule has 3 rings (SSSR count). The Morgan fingerprint density at radius 3 is 2.64 bits per heavy atom. The number of piperidine rings is 1. The van der Waals surface area contributed by atoms with E-state index in [0.29, 0.717) is 24.9 Å². The maximum atomic E-state index is 11.8. The average Bonchev–Trinajstić information content (AvgIpc) is 3.10.